The first kappa shape index (κ1) is 27.7. The molecular weight excluding hydrogens is 547 g/mol. The third-order valence-electron chi connectivity index (χ3n) is 5.56. The second-order valence-electron chi connectivity index (χ2n) is 8.18. The number of nitrogens with zero attached hydrogens (tertiary/aromatic N) is 1. The Kier molecular flexibility index (Phi) is 8.53. The van der Waals surface area contributed by atoms with E-state index in [0.29, 0.717) is 22.9 Å². The average Bonchev–Trinajstić information content (AvgIpc) is 2.90. The standard InChI is InChI=1S/C28H22Cl2N2O7/c1-3-38-23-14-17(13-22(30)24(23)39-15-16-5-4-6-19(29)11-16)12-21-25(33)31-28(36)32(26(21)34)20-9-7-18(8-10-20)27(35)37-2/h4-14H,3,15H2,1-2H3,(H,31,33,36)/b21-12+. The number of methoxy groups -OCH3 is 1. The summed E-state index contributed by atoms with van der Waals surface area (Å²) in [6.07, 6.45) is 1.30. The normalized spacial score (nSPS) is 14.3. The van der Waals surface area contributed by atoms with Gasteiger partial charge >= 0.3 is 12.0 Å². The van der Waals surface area contributed by atoms with Crippen molar-refractivity contribution in [1.82, 2.24) is 5.32 Å². The van der Waals surface area contributed by atoms with Gasteiger partial charge in [0.05, 0.1) is 30.0 Å². The second kappa shape index (κ2) is 12.0. The van der Waals surface area contributed by atoms with Gasteiger partial charge in [0.25, 0.3) is 11.8 Å². The van der Waals surface area contributed by atoms with Gasteiger partial charge in [0.15, 0.2) is 11.5 Å². The number of ether oxygens (including phenoxy) is 3. The lowest BCUT2D eigenvalue weighted by Crippen LogP contribution is -2.54. The van der Waals surface area contributed by atoms with E-state index in [9.17, 15) is 19.2 Å². The summed E-state index contributed by atoms with van der Waals surface area (Å²) in [6.45, 7) is 2.26. The molecule has 0 aromatic heterocycles. The van der Waals surface area contributed by atoms with E-state index in [0.717, 1.165) is 10.5 Å². The zero-order chi connectivity index (χ0) is 28.1. The zero-order valence-corrected chi connectivity index (χ0v) is 22.3. The van der Waals surface area contributed by atoms with E-state index in [2.05, 4.69) is 10.1 Å². The van der Waals surface area contributed by atoms with Crippen molar-refractivity contribution < 1.29 is 33.4 Å². The number of urea groups is 1. The van der Waals surface area contributed by atoms with Crippen LogP contribution in [-0.4, -0.2) is 37.5 Å². The van der Waals surface area contributed by atoms with Crippen molar-refractivity contribution in [3.63, 3.8) is 0 Å². The van der Waals surface area contributed by atoms with E-state index in [1.807, 2.05) is 6.07 Å². The second-order valence-corrected chi connectivity index (χ2v) is 9.02. The summed E-state index contributed by atoms with van der Waals surface area (Å²) < 4.78 is 16.3. The topological polar surface area (TPSA) is 111 Å². The average molecular weight is 569 g/mol. The molecule has 1 saturated heterocycles. The van der Waals surface area contributed by atoms with Crippen LogP contribution in [0.25, 0.3) is 6.08 Å². The number of anilines is 1. The van der Waals surface area contributed by atoms with Gasteiger partial charge in [0.2, 0.25) is 0 Å². The third kappa shape index (κ3) is 6.22. The molecule has 0 aliphatic carbocycles. The molecule has 3 aromatic carbocycles. The van der Waals surface area contributed by atoms with Crippen molar-refractivity contribution in [2.75, 3.05) is 18.6 Å². The Hall–Kier alpha value is -4.34. The van der Waals surface area contributed by atoms with Crippen LogP contribution >= 0.6 is 23.2 Å². The number of benzene rings is 3. The van der Waals surface area contributed by atoms with Gasteiger partial charge in [-0.1, -0.05) is 35.3 Å². The van der Waals surface area contributed by atoms with Gasteiger partial charge in [-0.05, 0) is 72.7 Å². The van der Waals surface area contributed by atoms with E-state index in [1.54, 1.807) is 31.2 Å². The Balaban J connectivity index is 1.64. The van der Waals surface area contributed by atoms with Crippen molar-refractivity contribution in [2.45, 2.75) is 13.5 Å². The van der Waals surface area contributed by atoms with Crippen molar-refractivity contribution in [3.05, 3.63) is 93.0 Å². The Bertz CT molecular complexity index is 1490. The molecular formula is C28H22Cl2N2O7. The van der Waals surface area contributed by atoms with Crippen molar-refractivity contribution in [3.8, 4) is 11.5 Å². The lowest BCUT2D eigenvalue weighted by Gasteiger charge is -2.26. The highest BCUT2D eigenvalue weighted by Gasteiger charge is 2.37. The number of carbonyl (C=O) groups is 4. The summed E-state index contributed by atoms with van der Waals surface area (Å²) in [5.41, 5.74) is 1.27. The maximum absolute atomic E-state index is 13.3. The molecule has 11 heteroatoms. The molecule has 1 aliphatic heterocycles. The molecule has 0 bridgehead atoms. The van der Waals surface area contributed by atoms with Gasteiger partial charge in [0, 0.05) is 5.02 Å². The maximum atomic E-state index is 13.3. The minimum absolute atomic E-state index is 0.154. The number of hydrogen-bond acceptors (Lipinski definition) is 7. The van der Waals surface area contributed by atoms with E-state index in [1.165, 1.54) is 43.5 Å². The molecule has 200 valence electrons. The lowest BCUT2D eigenvalue weighted by atomic mass is 10.1. The van der Waals surface area contributed by atoms with Crippen LogP contribution in [0.4, 0.5) is 10.5 Å². The number of barbiturate groups is 1. The summed E-state index contributed by atoms with van der Waals surface area (Å²) in [4.78, 5) is 50.9. The number of halogens is 2. The fraction of sp³-hybridized carbons (Fsp3) is 0.143. The van der Waals surface area contributed by atoms with E-state index >= 15 is 0 Å². The summed E-state index contributed by atoms with van der Waals surface area (Å²) in [5.74, 6) is -1.72. The molecule has 0 atom stereocenters. The SMILES string of the molecule is CCOc1cc(/C=C2\C(=O)NC(=O)N(c3ccc(C(=O)OC)cc3)C2=O)cc(Cl)c1OCc1cccc(Cl)c1. The van der Waals surface area contributed by atoms with Crippen LogP contribution in [0.1, 0.15) is 28.4 Å². The number of rotatable bonds is 8. The van der Waals surface area contributed by atoms with Gasteiger partial charge in [0.1, 0.15) is 12.2 Å². The predicted molar refractivity (Wildman–Crippen MR) is 145 cm³/mol. The highest BCUT2D eigenvalue weighted by molar-refractivity contribution is 6.39. The van der Waals surface area contributed by atoms with Gasteiger partial charge in [-0.2, -0.15) is 0 Å². The molecule has 1 aliphatic rings. The minimum atomic E-state index is -0.925. The van der Waals surface area contributed by atoms with Gasteiger partial charge in [-0.3, -0.25) is 14.9 Å². The largest absolute Gasteiger partial charge is 0.490 e. The number of amides is 4. The molecule has 1 N–H and O–H groups in total. The molecule has 3 aromatic rings. The highest BCUT2D eigenvalue weighted by atomic mass is 35.5. The minimum Gasteiger partial charge on any atom is -0.490 e. The monoisotopic (exact) mass is 568 g/mol. The molecule has 1 fully saturated rings. The Morgan fingerprint density at radius 2 is 1.74 bits per heavy atom. The Morgan fingerprint density at radius 3 is 2.41 bits per heavy atom. The van der Waals surface area contributed by atoms with Crippen LogP contribution in [-0.2, 0) is 20.9 Å². The van der Waals surface area contributed by atoms with Crippen molar-refractivity contribution in [2.24, 2.45) is 0 Å². The van der Waals surface area contributed by atoms with E-state index in [-0.39, 0.29) is 34.2 Å². The van der Waals surface area contributed by atoms with Crippen molar-refractivity contribution in [1.29, 1.82) is 0 Å². The van der Waals surface area contributed by atoms with Crippen LogP contribution in [0.5, 0.6) is 11.5 Å². The number of esters is 1. The number of imide groups is 2. The molecule has 0 unspecified atom stereocenters. The van der Waals surface area contributed by atoms with Crippen LogP contribution in [0.15, 0.2) is 66.2 Å². The zero-order valence-electron chi connectivity index (χ0n) is 20.8. The fourth-order valence-corrected chi connectivity index (χ4v) is 4.27. The fourth-order valence-electron chi connectivity index (χ4n) is 3.78. The van der Waals surface area contributed by atoms with Crippen LogP contribution in [0.3, 0.4) is 0 Å². The quantitative estimate of drug-likeness (QED) is 0.219. The Morgan fingerprint density at radius 1 is 1.00 bits per heavy atom. The molecule has 0 radical (unpaired) electrons. The molecule has 39 heavy (non-hydrogen) atoms. The molecule has 4 rings (SSSR count). The number of nitrogens with one attached hydrogen (secondary N) is 1. The summed E-state index contributed by atoms with van der Waals surface area (Å²) in [6, 6.07) is 14.9. The number of hydrogen-bond donors (Lipinski definition) is 1. The summed E-state index contributed by atoms with van der Waals surface area (Å²) in [5, 5.41) is 2.90. The molecule has 9 nitrogen and oxygen atoms in total. The van der Waals surface area contributed by atoms with Crippen LogP contribution in [0, 0.1) is 0 Å². The third-order valence-corrected chi connectivity index (χ3v) is 6.08. The van der Waals surface area contributed by atoms with Gasteiger partial charge in [-0.25, -0.2) is 14.5 Å². The summed E-state index contributed by atoms with van der Waals surface area (Å²) >= 11 is 12.6. The predicted octanol–water partition coefficient (Wildman–Crippen LogP) is 5.42. The molecule has 1 heterocycles. The molecule has 0 saturated carbocycles. The Labute approximate surface area is 233 Å². The van der Waals surface area contributed by atoms with Crippen molar-refractivity contribution >= 4 is 58.8 Å². The maximum Gasteiger partial charge on any atom is 0.337 e. The smallest absolute Gasteiger partial charge is 0.337 e. The van der Waals surface area contributed by atoms with Gasteiger partial charge in [-0.15, -0.1) is 0 Å². The van der Waals surface area contributed by atoms with Crippen LogP contribution < -0.4 is 19.7 Å². The molecule has 0 spiro atoms. The first-order valence-corrected chi connectivity index (χ1v) is 12.4. The lowest BCUT2D eigenvalue weighted by molar-refractivity contribution is -0.122. The first-order chi connectivity index (χ1) is 18.7. The number of carbonyl (C=O) groups excluding carboxylic acids is 4. The van der Waals surface area contributed by atoms with Gasteiger partial charge < -0.3 is 14.2 Å². The molecule has 4 amide bonds. The highest BCUT2D eigenvalue weighted by Crippen LogP contribution is 2.38. The summed E-state index contributed by atoms with van der Waals surface area (Å²) in [7, 11) is 1.24. The first-order valence-electron chi connectivity index (χ1n) is 11.6. The van der Waals surface area contributed by atoms with E-state index in [4.69, 9.17) is 32.7 Å². The van der Waals surface area contributed by atoms with Crippen LogP contribution in [0.2, 0.25) is 10.0 Å². The van der Waals surface area contributed by atoms with E-state index < -0.39 is 23.8 Å².